The highest BCUT2D eigenvalue weighted by Crippen LogP contribution is 2.23. The number of epoxide rings is 1. The van der Waals surface area contributed by atoms with Crippen LogP contribution in [0.15, 0.2) is 54.6 Å². The molecule has 2 atom stereocenters. The summed E-state index contributed by atoms with van der Waals surface area (Å²) in [6, 6.07) is 15.1. The molecule has 0 radical (unpaired) electrons. The summed E-state index contributed by atoms with van der Waals surface area (Å²) in [5.74, 6) is -0.533. The van der Waals surface area contributed by atoms with Gasteiger partial charge in [0.2, 0.25) is 0 Å². The highest BCUT2D eigenvalue weighted by molar-refractivity contribution is 5.89. The van der Waals surface area contributed by atoms with Crippen molar-refractivity contribution in [3.05, 3.63) is 75.8 Å². The van der Waals surface area contributed by atoms with E-state index in [0.29, 0.717) is 13.2 Å². The molecule has 1 fully saturated rings. The maximum Gasteiger partial charge on any atom is 0.338 e. The maximum absolute atomic E-state index is 11.9. The van der Waals surface area contributed by atoms with E-state index in [1.54, 1.807) is 0 Å². The van der Waals surface area contributed by atoms with Crippen LogP contribution in [0.4, 0.5) is 5.69 Å². The van der Waals surface area contributed by atoms with Crippen LogP contribution in [-0.2, 0) is 20.8 Å². The number of nitro groups is 1. The standard InChI is InChI=1S/C18H17NO6/c20-18(14-6-8-15(9-7-14)19(21)22)24-12-17-16(25-17)11-23-10-13-4-2-1-3-5-13/h1-9,16-17H,10-12H2/t16-,17+/m1/s1. The number of esters is 1. The summed E-state index contributed by atoms with van der Waals surface area (Å²) in [4.78, 5) is 21.9. The largest absolute Gasteiger partial charge is 0.459 e. The number of ether oxygens (including phenoxy) is 3. The van der Waals surface area contributed by atoms with E-state index in [1.165, 1.54) is 24.3 Å². The molecular weight excluding hydrogens is 326 g/mol. The first-order valence-electron chi connectivity index (χ1n) is 7.82. The Kier molecular flexibility index (Phi) is 5.37. The SMILES string of the molecule is O=C(OC[C@@H]1O[C@@H]1COCc1ccccc1)c1ccc([N+](=O)[O-])cc1. The first-order valence-corrected chi connectivity index (χ1v) is 7.82. The predicted molar refractivity (Wildman–Crippen MR) is 88.1 cm³/mol. The summed E-state index contributed by atoms with van der Waals surface area (Å²) in [6.45, 7) is 1.08. The molecule has 0 bridgehead atoms. The molecule has 0 amide bonds. The number of rotatable bonds is 8. The minimum atomic E-state index is -0.533. The van der Waals surface area contributed by atoms with Gasteiger partial charge in [0.15, 0.2) is 0 Å². The van der Waals surface area contributed by atoms with Gasteiger partial charge in [0.1, 0.15) is 18.8 Å². The average molecular weight is 343 g/mol. The molecule has 0 spiro atoms. The highest BCUT2D eigenvalue weighted by Gasteiger charge is 2.40. The lowest BCUT2D eigenvalue weighted by Crippen LogP contribution is -2.13. The van der Waals surface area contributed by atoms with Crippen LogP contribution in [0.25, 0.3) is 0 Å². The number of carbonyl (C=O) groups is 1. The second kappa shape index (κ2) is 7.87. The monoisotopic (exact) mass is 343 g/mol. The van der Waals surface area contributed by atoms with Crippen molar-refractivity contribution in [3.63, 3.8) is 0 Å². The molecule has 2 aromatic carbocycles. The Bertz CT molecular complexity index is 731. The minimum absolute atomic E-state index is 0.0716. The summed E-state index contributed by atoms with van der Waals surface area (Å²) in [7, 11) is 0. The molecule has 2 aromatic rings. The van der Waals surface area contributed by atoms with Crippen molar-refractivity contribution < 1.29 is 23.9 Å². The van der Waals surface area contributed by atoms with Crippen molar-refractivity contribution >= 4 is 11.7 Å². The van der Waals surface area contributed by atoms with Gasteiger partial charge < -0.3 is 14.2 Å². The zero-order valence-corrected chi connectivity index (χ0v) is 13.4. The second-order valence-electron chi connectivity index (χ2n) is 5.62. The average Bonchev–Trinajstić information content (AvgIpc) is 3.39. The number of non-ortho nitro benzene ring substituents is 1. The van der Waals surface area contributed by atoms with Crippen molar-refractivity contribution in [1.82, 2.24) is 0 Å². The van der Waals surface area contributed by atoms with Crippen molar-refractivity contribution in [3.8, 4) is 0 Å². The van der Waals surface area contributed by atoms with Crippen LogP contribution in [0.5, 0.6) is 0 Å². The fourth-order valence-electron chi connectivity index (χ4n) is 2.30. The molecule has 130 valence electrons. The van der Waals surface area contributed by atoms with Gasteiger partial charge in [-0.3, -0.25) is 10.1 Å². The topological polar surface area (TPSA) is 91.2 Å². The van der Waals surface area contributed by atoms with Crippen molar-refractivity contribution in [2.24, 2.45) is 0 Å². The third-order valence-electron chi connectivity index (χ3n) is 3.77. The van der Waals surface area contributed by atoms with Gasteiger partial charge in [-0.05, 0) is 17.7 Å². The van der Waals surface area contributed by atoms with Gasteiger partial charge in [-0.1, -0.05) is 30.3 Å². The summed E-state index contributed by atoms with van der Waals surface area (Å²) >= 11 is 0. The van der Waals surface area contributed by atoms with E-state index in [1.807, 2.05) is 30.3 Å². The molecule has 0 unspecified atom stereocenters. The van der Waals surface area contributed by atoms with E-state index < -0.39 is 10.9 Å². The van der Waals surface area contributed by atoms with Gasteiger partial charge in [-0.15, -0.1) is 0 Å². The fraction of sp³-hybridized carbons (Fsp3) is 0.278. The van der Waals surface area contributed by atoms with Crippen molar-refractivity contribution in [2.75, 3.05) is 13.2 Å². The highest BCUT2D eigenvalue weighted by atomic mass is 16.6. The van der Waals surface area contributed by atoms with Crippen LogP contribution in [0, 0.1) is 10.1 Å². The number of carbonyl (C=O) groups excluding carboxylic acids is 1. The van der Waals surface area contributed by atoms with Crippen molar-refractivity contribution in [2.45, 2.75) is 18.8 Å². The minimum Gasteiger partial charge on any atom is -0.459 e. The number of benzene rings is 2. The van der Waals surface area contributed by atoms with Gasteiger partial charge in [0, 0.05) is 12.1 Å². The number of hydrogen-bond acceptors (Lipinski definition) is 6. The molecule has 25 heavy (non-hydrogen) atoms. The van der Waals surface area contributed by atoms with E-state index in [-0.39, 0.29) is 30.1 Å². The summed E-state index contributed by atoms with van der Waals surface area (Å²) in [5.41, 5.74) is 1.28. The molecule has 0 aromatic heterocycles. The molecule has 1 saturated heterocycles. The normalized spacial score (nSPS) is 18.6. The Balaban J connectivity index is 1.35. The lowest BCUT2D eigenvalue weighted by Gasteiger charge is -2.03. The maximum atomic E-state index is 11.9. The summed E-state index contributed by atoms with van der Waals surface area (Å²) in [5, 5.41) is 10.6. The van der Waals surface area contributed by atoms with E-state index in [9.17, 15) is 14.9 Å². The smallest absolute Gasteiger partial charge is 0.338 e. The molecule has 0 N–H and O–H groups in total. The first kappa shape index (κ1) is 17.1. The van der Waals surface area contributed by atoms with E-state index in [0.717, 1.165) is 5.56 Å². The Morgan fingerprint density at radius 2 is 1.72 bits per heavy atom. The molecule has 1 aliphatic heterocycles. The van der Waals surface area contributed by atoms with Crippen LogP contribution in [0.1, 0.15) is 15.9 Å². The summed E-state index contributed by atoms with van der Waals surface area (Å²) < 4.78 is 16.1. The Morgan fingerprint density at radius 3 is 2.40 bits per heavy atom. The lowest BCUT2D eigenvalue weighted by molar-refractivity contribution is -0.384. The molecule has 3 rings (SSSR count). The van der Waals surface area contributed by atoms with E-state index >= 15 is 0 Å². The zero-order valence-electron chi connectivity index (χ0n) is 13.4. The van der Waals surface area contributed by atoms with E-state index in [4.69, 9.17) is 14.2 Å². The van der Waals surface area contributed by atoms with Crippen LogP contribution in [-0.4, -0.2) is 36.3 Å². The van der Waals surface area contributed by atoms with Gasteiger partial charge >= 0.3 is 5.97 Å². The third-order valence-corrected chi connectivity index (χ3v) is 3.77. The molecular formula is C18H17NO6. The molecule has 1 heterocycles. The molecule has 0 aliphatic carbocycles. The Morgan fingerprint density at radius 1 is 1.04 bits per heavy atom. The predicted octanol–water partition coefficient (Wildman–Crippen LogP) is 2.74. The molecule has 7 nitrogen and oxygen atoms in total. The number of nitrogens with zero attached hydrogens (tertiary/aromatic N) is 1. The van der Waals surface area contributed by atoms with Gasteiger partial charge in [0.05, 0.1) is 23.7 Å². The lowest BCUT2D eigenvalue weighted by atomic mass is 10.2. The Hall–Kier alpha value is -2.77. The molecule has 0 saturated carbocycles. The zero-order chi connectivity index (χ0) is 17.6. The van der Waals surface area contributed by atoms with Gasteiger partial charge in [-0.25, -0.2) is 4.79 Å². The van der Waals surface area contributed by atoms with Crippen molar-refractivity contribution in [1.29, 1.82) is 0 Å². The third kappa shape index (κ3) is 4.85. The molecule has 7 heteroatoms. The van der Waals surface area contributed by atoms with Crippen LogP contribution < -0.4 is 0 Å². The first-order chi connectivity index (χ1) is 12.1. The Labute approximate surface area is 144 Å². The van der Waals surface area contributed by atoms with Crippen LogP contribution in [0.3, 0.4) is 0 Å². The second-order valence-corrected chi connectivity index (χ2v) is 5.62. The van der Waals surface area contributed by atoms with Crippen LogP contribution in [0.2, 0.25) is 0 Å². The van der Waals surface area contributed by atoms with Gasteiger partial charge in [-0.2, -0.15) is 0 Å². The summed E-state index contributed by atoms with van der Waals surface area (Å²) in [6.07, 6.45) is -0.244. The molecule has 1 aliphatic rings. The van der Waals surface area contributed by atoms with Crippen LogP contribution >= 0.6 is 0 Å². The fourth-order valence-corrected chi connectivity index (χ4v) is 2.30. The van der Waals surface area contributed by atoms with E-state index in [2.05, 4.69) is 0 Å². The van der Waals surface area contributed by atoms with Gasteiger partial charge in [0.25, 0.3) is 5.69 Å². The number of nitro benzene ring substituents is 1. The quantitative estimate of drug-likeness (QED) is 0.317. The number of hydrogen-bond donors (Lipinski definition) is 0.